The molecule has 0 bridgehead atoms. The Balaban J connectivity index is 0.00000338. The Morgan fingerprint density at radius 2 is 2.00 bits per heavy atom. The fourth-order valence-electron chi connectivity index (χ4n) is 3.20. The van der Waals surface area contributed by atoms with Crippen molar-refractivity contribution in [2.75, 3.05) is 27.3 Å². The Morgan fingerprint density at radius 1 is 1.33 bits per heavy atom. The molecular formula is C19H33Cl2N3O3. The maximum atomic E-state index is 12.5. The number of hydrogen-bond donors (Lipinski definition) is 1. The van der Waals surface area contributed by atoms with E-state index in [4.69, 9.17) is 9.47 Å². The van der Waals surface area contributed by atoms with Gasteiger partial charge in [0.15, 0.2) is 0 Å². The van der Waals surface area contributed by atoms with Crippen molar-refractivity contribution in [2.45, 2.75) is 45.9 Å². The molecule has 0 spiro atoms. The maximum absolute atomic E-state index is 12.5. The molecule has 156 valence electrons. The maximum Gasteiger partial charge on any atom is 0.251 e. The minimum Gasteiger partial charge on any atom is -0.497 e. The third-order valence-corrected chi connectivity index (χ3v) is 5.08. The number of nitrogens with one attached hydrogen (secondary N) is 1. The molecule has 0 aromatic carbocycles. The second-order valence-electron chi connectivity index (χ2n) is 7.58. The molecule has 1 aromatic rings. The third kappa shape index (κ3) is 6.79. The molecule has 0 aliphatic carbocycles. The average molecular weight is 422 g/mol. The van der Waals surface area contributed by atoms with Crippen LogP contribution in [0.15, 0.2) is 18.3 Å². The molecule has 1 amide bonds. The second kappa shape index (κ2) is 11.1. The molecule has 1 aliphatic heterocycles. The molecule has 1 N–H and O–H groups in total. The van der Waals surface area contributed by atoms with E-state index >= 15 is 0 Å². The minimum atomic E-state index is -0.816. The Bertz CT molecular complexity index is 599. The summed E-state index contributed by atoms with van der Waals surface area (Å²) in [7, 11) is 3.22. The van der Waals surface area contributed by atoms with Crippen molar-refractivity contribution < 1.29 is 14.3 Å². The number of rotatable bonds is 7. The Hall–Kier alpha value is -1.08. The van der Waals surface area contributed by atoms with Crippen molar-refractivity contribution in [1.29, 1.82) is 0 Å². The molecule has 0 radical (unpaired) electrons. The van der Waals surface area contributed by atoms with E-state index in [-0.39, 0.29) is 36.8 Å². The van der Waals surface area contributed by atoms with E-state index in [1.807, 2.05) is 12.1 Å². The van der Waals surface area contributed by atoms with Gasteiger partial charge in [-0.3, -0.25) is 14.7 Å². The lowest BCUT2D eigenvalue weighted by Gasteiger charge is -2.28. The van der Waals surface area contributed by atoms with Crippen LogP contribution < -0.4 is 10.1 Å². The van der Waals surface area contributed by atoms with Crippen LogP contribution in [0, 0.1) is 11.8 Å². The summed E-state index contributed by atoms with van der Waals surface area (Å²) >= 11 is 0. The van der Waals surface area contributed by atoms with Gasteiger partial charge in [0.25, 0.3) is 5.91 Å². The highest BCUT2D eigenvalue weighted by molar-refractivity contribution is 5.85. The van der Waals surface area contributed by atoms with Crippen molar-refractivity contribution >= 4 is 30.7 Å². The number of carbonyl (C=O) groups is 1. The zero-order chi connectivity index (χ0) is 18.6. The first-order valence-electron chi connectivity index (χ1n) is 8.84. The number of ether oxygens (including phenoxy) is 2. The summed E-state index contributed by atoms with van der Waals surface area (Å²) in [6.45, 7) is 10.5. The molecule has 2 atom stereocenters. The molecule has 6 nitrogen and oxygen atoms in total. The SMILES string of the molecule is COc1ccnc(CN2C[C@H](NC(=O)C(C)(C)OC)[C@@H](C(C)C)C2)c1.Cl.Cl. The van der Waals surface area contributed by atoms with Crippen LogP contribution in [0.1, 0.15) is 33.4 Å². The van der Waals surface area contributed by atoms with Gasteiger partial charge in [-0.1, -0.05) is 13.8 Å². The normalized spacial score (nSPS) is 20.0. The van der Waals surface area contributed by atoms with E-state index in [1.165, 1.54) is 0 Å². The van der Waals surface area contributed by atoms with Crippen LogP contribution in [0.25, 0.3) is 0 Å². The molecule has 1 fully saturated rings. The lowest BCUT2D eigenvalue weighted by atomic mass is 9.91. The highest BCUT2D eigenvalue weighted by atomic mass is 35.5. The fourth-order valence-corrected chi connectivity index (χ4v) is 3.20. The van der Waals surface area contributed by atoms with Crippen molar-refractivity contribution in [3.05, 3.63) is 24.0 Å². The van der Waals surface area contributed by atoms with Crippen LogP contribution in [-0.4, -0.2) is 54.7 Å². The molecule has 8 heteroatoms. The number of likely N-dealkylation sites (tertiary alicyclic amines) is 1. The second-order valence-corrected chi connectivity index (χ2v) is 7.58. The molecule has 2 heterocycles. The summed E-state index contributed by atoms with van der Waals surface area (Å²) in [5, 5.41) is 3.19. The molecule has 0 saturated carbocycles. The molecular weight excluding hydrogens is 389 g/mol. The molecule has 27 heavy (non-hydrogen) atoms. The highest BCUT2D eigenvalue weighted by Crippen LogP contribution is 2.26. The van der Waals surface area contributed by atoms with Crippen LogP contribution in [0.2, 0.25) is 0 Å². The van der Waals surface area contributed by atoms with Crippen LogP contribution in [0.3, 0.4) is 0 Å². The van der Waals surface area contributed by atoms with Crippen LogP contribution >= 0.6 is 24.8 Å². The predicted octanol–water partition coefficient (Wildman–Crippen LogP) is 2.93. The standard InChI is InChI=1S/C19H31N3O3.2ClH/c1-13(2)16-11-22(10-14-9-15(24-5)7-8-20-14)12-17(16)21-18(23)19(3,4)25-6;;/h7-9,13,16-17H,10-12H2,1-6H3,(H,21,23);2*1H/t16-,17+;;/m1../s1. The molecule has 1 saturated heterocycles. The smallest absolute Gasteiger partial charge is 0.251 e. The number of nitrogens with zero attached hydrogens (tertiary/aromatic N) is 2. The topological polar surface area (TPSA) is 63.7 Å². The van der Waals surface area contributed by atoms with Gasteiger partial charge in [0.2, 0.25) is 0 Å². The highest BCUT2D eigenvalue weighted by Gasteiger charge is 2.38. The lowest BCUT2D eigenvalue weighted by molar-refractivity contribution is -0.140. The number of halogens is 2. The van der Waals surface area contributed by atoms with Gasteiger partial charge in [0.1, 0.15) is 11.4 Å². The van der Waals surface area contributed by atoms with Crippen LogP contribution in [-0.2, 0) is 16.1 Å². The van der Waals surface area contributed by atoms with Gasteiger partial charge in [-0.15, -0.1) is 24.8 Å². The first-order chi connectivity index (χ1) is 11.8. The van der Waals surface area contributed by atoms with Gasteiger partial charge in [0, 0.05) is 45.0 Å². The molecule has 2 rings (SSSR count). The zero-order valence-corrected chi connectivity index (χ0v) is 18.7. The molecule has 0 unspecified atom stereocenters. The van der Waals surface area contributed by atoms with E-state index in [0.29, 0.717) is 11.8 Å². The largest absolute Gasteiger partial charge is 0.497 e. The van der Waals surface area contributed by atoms with Gasteiger partial charge in [-0.05, 0) is 31.7 Å². The summed E-state index contributed by atoms with van der Waals surface area (Å²) in [6, 6.07) is 3.93. The van der Waals surface area contributed by atoms with E-state index in [2.05, 4.69) is 29.0 Å². The van der Waals surface area contributed by atoms with Crippen molar-refractivity contribution in [3.63, 3.8) is 0 Å². The Morgan fingerprint density at radius 3 is 2.56 bits per heavy atom. The number of aromatic nitrogens is 1. The number of amides is 1. The predicted molar refractivity (Wildman–Crippen MR) is 112 cm³/mol. The third-order valence-electron chi connectivity index (χ3n) is 5.08. The number of hydrogen-bond acceptors (Lipinski definition) is 5. The van der Waals surface area contributed by atoms with E-state index in [1.54, 1.807) is 34.3 Å². The van der Waals surface area contributed by atoms with E-state index in [0.717, 1.165) is 31.1 Å². The molecule has 1 aromatic heterocycles. The van der Waals surface area contributed by atoms with Crippen molar-refractivity contribution in [2.24, 2.45) is 11.8 Å². The quantitative estimate of drug-likeness (QED) is 0.732. The van der Waals surface area contributed by atoms with Gasteiger partial charge in [-0.25, -0.2) is 0 Å². The van der Waals surface area contributed by atoms with Crippen molar-refractivity contribution in [1.82, 2.24) is 15.2 Å². The van der Waals surface area contributed by atoms with Gasteiger partial charge in [0.05, 0.1) is 12.8 Å². The zero-order valence-electron chi connectivity index (χ0n) is 17.0. The lowest BCUT2D eigenvalue weighted by Crippen LogP contribution is -2.51. The van der Waals surface area contributed by atoms with Crippen molar-refractivity contribution in [3.8, 4) is 5.75 Å². The monoisotopic (exact) mass is 421 g/mol. The summed E-state index contributed by atoms with van der Waals surface area (Å²) in [5.41, 5.74) is 0.162. The first kappa shape index (κ1) is 25.9. The van der Waals surface area contributed by atoms with E-state index < -0.39 is 5.60 Å². The van der Waals surface area contributed by atoms with Gasteiger partial charge < -0.3 is 14.8 Å². The number of pyridine rings is 1. The summed E-state index contributed by atoms with van der Waals surface area (Å²) in [4.78, 5) is 19.3. The van der Waals surface area contributed by atoms with Crippen LogP contribution in [0.4, 0.5) is 0 Å². The first-order valence-corrected chi connectivity index (χ1v) is 8.84. The Kier molecular flexibility index (Phi) is 10.6. The summed E-state index contributed by atoms with van der Waals surface area (Å²) < 4.78 is 10.6. The number of carbonyl (C=O) groups excluding carboxylic acids is 1. The van der Waals surface area contributed by atoms with E-state index in [9.17, 15) is 4.79 Å². The summed E-state index contributed by atoms with van der Waals surface area (Å²) in [5.74, 6) is 1.64. The average Bonchev–Trinajstić information content (AvgIpc) is 2.97. The van der Waals surface area contributed by atoms with Crippen LogP contribution in [0.5, 0.6) is 5.75 Å². The number of methoxy groups -OCH3 is 2. The fraction of sp³-hybridized carbons (Fsp3) is 0.684. The van der Waals surface area contributed by atoms with Gasteiger partial charge >= 0.3 is 0 Å². The summed E-state index contributed by atoms with van der Waals surface area (Å²) in [6.07, 6.45) is 1.77. The molecule has 1 aliphatic rings. The minimum absolute atomic E-state index is 0. The van der Waals surface area contributed by atoms with Gasteiger partial charge in [-0.2, -0.15) is 0 Å². The Labute approximate surface area is 175 Å².